The molecule has 0 atom stereocenters. The number of amides is 1. The second-order valence-corrected chi connectivity index (χ2v) is 6.47. The van der Waals surface area contributed by atoms with E-state index in [-0.39, 0.29) is 5.69 Å². The van der Waals surface area contributed by atoms with E-state index >= 15 is 0 Å². The van der Waals surface area contributed by atoms with Crippen molar-refractivity contribution < 1.29 is 22.8 Å². The molecule has 1 aliphatic carbocycles. The van der Waals surface area contributed by atoms with Gasteiger partial charge in [0, 0.05) is 17.7 Å². The van der Waals surface area contributed by atoms with Crippen LogP contribution in [0.5, 0.6) is 5.75 Å². The Balaban J connectivity index is 1.58. The Morgan fingerprint density at radius 3 is 2.74 bits per heavy atom. The number of rotatable bonds is 5. The molecule has 4 rings (SSSR count). The monoisotopic (exact) mass is 370 g/mol. The maximum atomic E-state index is 13.8. The standard InChI is InChI=1S/C20H16F2N2O3/c1-26-14-4-2-3-12(9-14)17-11-18(24-27-17)20(7-8-20)19(25)23-16-10-13(21)5-6-15(16)22/h2-6,9-11H,7-8H2,1H3,(H,23,25). The minimum absolute atomic E-state index is 0.192. The number of nitrogens with zero attached hydrogens (tertiary/aromatic N) is 1. The van der Waals surface area contributed by atoms with Gasteiger partial charge >= 0.3 is 0 Å². The molecule has 138 valence electrons. The number of aromatic nitrogens is 1. The van der Waals surface area contributed by atoms with Crippen LogP contribution in [0, 0.1) is 11.6 Å². The first-order chi connectivity index (χ1) is 13.0. The lowest BCUT2D eigenvalue weighted by Crippen LogP contribution is -2.28. The van der Waals surface area contributed by atoms with Crippen molar-refractivity contribution in [2.75, 3.05) is 12.4 Å². The van der Waals surface area contributed by atoms with E-state index in [1.54, 1.807) is 19.2 Å². The second-order valence-electron chi connectivity index (χ2n) is 6.47. The number of ether oxygens (including phenoxy) is 1. The SMILES string of the molecule is COc1cccc(-c2cc(C3(C(=O)Nc4cc(F)ccc4F)CC3)no2)c1. The average molecular weight is 370 g/mol. The minimum Gasteiger partial charge on any atom is -0.497 e. The molecule has 1 aliphatic rings. The van der Waals surface area contributed by atoms with E-state index in [2.05, 4.69) is 10.5 Å². The molecule has 7 heteroatoms. The molecule has 2 aromatic carbocycles. The summed E-state index contributed by atoms with van der Waals surface area (Å²) in [5.74, 6) is -0.584. The fourth-order valence-electron chi connectivity index (χ4n) is 2.97. The van der Waals surface area contributed by atoms with Crippen LogP contribution in [-0.2, 0) is 10.2 Å². The van der Waals surface area contributed by atoms with E-state index < -0.39 is 23.0 Å². The molecular formula is C20H16F2N2O3. The number of hydrogen-bond acceptors (Lipinski definition) is 4. The molecule has 5 nitrogen and oxygen atoms in total. The first kappa shape index (κ1) is 17.2. The third-order valence-corrected chi connectivity index (χ3v) is 4.72. The van der Waals surface area contributed by atoms with Gasteiger partial charge in [0.1, 0.15) is 17.4 Å². The normalized spacial score (nSPS) is 14.6. The summed E-state index contributed by atoms with van der Waals surface area (Å²) in [6.07, 6.45) is 1.11. The van der Waals surface area contributed by atoms with Gasteiger partial charge in [0.05, 0.1) is 23.9 Å². The minimum atomic E-state index is -0.890. The van der Waals surface area contributed by atoms with E-state index in [0.717, 1.165) is 23.8 Å². The van der Waals surface area contributed by atoms with Crippen LogP contribution in [-0.4, -0.2) is 18.2 Å². The van der Waals surface area contributed by atoms with Gasteiger partial charge in [-0.2, -0.15) is 0 Å². The zero-order valence-corrected chi connectivity index (χ0v) is 14.5. The van der Waals surface area contributed by atoms with Gasteiger partial charge in [-0.05, 0) is 37.1 Å². The van der Waals surface area contributed by atoms with Crippen molar-refractivity contribution in [3.63, 3.8) is 0 Å². The summed E-state index contributed by atoms with van der Waals surface area (Å²) in [5, 5.41) is 6.50. The summed E-state index contributed by atoms with van der Waals surface area (Å²) in [6.45, 7) is 0. The van der Waals surface area contributed by atoms with Crippen LogP contribution in [0.1, 0.15) is 18.5 Å². The molecule has 0 spiro atoms. The maximum absolute atomic E-state index is 13.8. The number of hydrogen-bond donors (Lipinski definition) is 1. The summed E-state index contributed by atoms with van der Waals surface area (Å²) < 4.78 is 37.7. The Labute approximate surface area is 153 Å². The Hall–Kier alpha value is -3.22. The molecular weight excluding hydrogens is 354 g/mol. The van der Waals surface area contributed by atoms with Gasteiger partial charge in [-0.1, -0.05) is 17.3 Å². The lowest BCUT2D eigenvalue weighted by atomic mass is 10.00. The average Bonchev–Trinajstić information content (AvgIpc) is 3.34. The molecule has 1 fully saturated rings. The van der Waals surface area contributed by atoms with Crippen LogP contribution in [0.15, 0.2) is 53.1 Å². The number of methoxy groups -OCH3 is 1. The van der Waals surface area contributed by atoms with Gasteiger partial charge in [0.15, 0.2) is 5.76 Å². The Kier molecular flexibility index (Phi) is 4.14. The van der Waals surface area contributed by atoms with Crippen molar-refractivity contribution in [3.05, 3.63) is 65.9 Å². The Morgan fingerprint density at radius 2 is 2.00 bits per heavy atom. The number of carbonyl (C=O) groups is 1. The van der Waals surface area contributed by atoms with E-state index in [9.17, 15) is 13.6 Å². The molecule has 0 bridgehead atoms. The van der Waals surface area contributed by atoms with E-state index in [1.807, 2.05) is 18.2 Å². The van der Waals surface area contributed by atoms with Crippen LogP contribution >= 0.6 is 0 Å². The maximum Gasteiger partial charge on any atom is 0.236 e. The molecule has 1 aromatic heterocycles. The van der Waals surface area contributed by atoms with Gasteiger partial charge in [-0.25, -0.2) is 8.78 Å². The van der Waals surface area contributed by atoms with Crippen molar-refractivity contribution in [2.45, 2.75) is 18.3 Å². The van der Waals surface area contributed by atoms with Gasteiger partial charge < -0.3 is 14.6 Å². The lowest BCUT2D eigenvalue weighted by Gasteiger charge is -2.13. The molecule has 0 unspecified atom stereocenters. The Bertz CT molecular complexity index is 1010. The third kappa shape index (κ3) is 3.16. The quantitative estimate of drug-likeness (QED) is 0.727. The zero-order chi connectivity index (χ0) is 19.0. The van der Waals surface area contributed by atoms with Gasteiger partial charge in [0.25, 0.3) is 0 Å². The van der Waals surface area contributed by atoms with Crippen LogP contribution in [0.4, 0.5) is 14.5 Å². The van der Waals surface area contributed by atoms with Crippen molar-refractivity contribution >= 4 is 11.6 Å². The second kappa shape index (κ2) is 6.50. The van der Waals surface area contributed by atoms with Crippen LogP contribution < -0.4 is 10.1 Å². The predicted octanol–water partition coefficient (Wildman–Crippen LogP) is 4.30. The summed E-state index contributed by atoms with van der Waals surface area (Å²) in [6, 6.07) is 11.9. The van der Waals surface area contributed by atoms with Crippen LogP contribution in [0.3, 0.4) is 0 Å². The molecule has 0 saturated heterocycles. The summed E-state index contributed by atoms with van der Waals surface area (Å²) >= 11 is 0. The number of nitrogens with one attached hydrogen (secondary N) is 1. The molecule has 1 N–H and O–H groups in total. The topological polar surface area (TPSA) is 64.4 Å². The van der Waals surface area contributed by atoms with Crippen molar-refractivity contribution in [1.29, 1.82) is 0 Å². The van der Waals surface area contributed by atoms with Gasteiger partial charge in [-0.15, -0.1) is 0 Å². The van der Waals surface area contributed by atoms with Crippen molar-refractivity contribution in [3.8, 4) is 17.1 Å². The predicted molar refractivity (Wildman–Crippen MR) is 94.4 cm³/mol. The number of anilines is 1. The van der Waals surface area contributed by atoms with Gasteiger partial charge in [0.2, 0.25) is 5.91 Å². The zero-order valence-electron chi connectivity index (χ0n) is 14.5. The van der Waals surface area contributed by atoms with Crippen LogP contribution in [0.2, 0.25) is 0 Å². The highest BCUT2D eigenvalue weighted by Gasteiger charge is 2.54. The molecule has 0 radical (unpaired) electrons. The molecule has 1 saturated carbocycles. The smallest absolute Gasteiger partial charge is 0.236 e. The number of carbonyl (C=O) groups excluding carboxylic acids is 1. The molecule has 1 amide bonds. The highest BCUT2D eigenvalue weighted by atomic mass is 19.1. The van der Waals surface area contributed by atoms with Crippen molar-refractivity contribution in [2.24, 2.45) is 0 Å². The van der Waals surface area contributed by atoms with Gasteiger partial charge in [-0.3, -0.25) is 4.79 Å². The fourth-order valence-corrected chi connectivity index (χ4v) is 2.97. The van der Waals surface area contributed by atoms with E-state index in [0.29, 0.717) is 30.0 Å². The largest absolute Gasteiger partial charge is 0.497 e. The molecule has 0 aliphatic heterocycles. The summed E-state index contributed by atoms with van der Waals surface area (Å²) in [7, 11) is 1.57. The Morgan fingerprint density at radius 1 is 1.19 bits per heavy atom. The number of benzene rings is 2. The molecule has 3 aromatic rings. The molecule has 1 heterocycles. The number of halogens is 2. The lowest BCUT2D eigenvalue weighted by molar-refractivity contribution is -0.118. The van der Waals surface area contributed by atoms with E-state index in [1.165, 1.54) is 0 Å². The van der Waals surface area contributed by atoms with E-state index in [4.69, 9.17) is 9.26 Å². The van der Waals surface area contributed by atoms with Crippen LogP contribution in [0.25, 0.3) is 11.3 Å². The third-order valence-electron chi connectivity index (χ3n) is 4.72. The fraction of sp³-hybridized carbons (Fsp3) is 0.200. The highest BCUT2D eigenvalue weighted by molar-refractivity contribution is 6.01. The first-order valence-corrected chi connectivity index (χ1v) is 8.40. The summed E-state index contributed by atoms with van der Waals surface area (Å²) in [4.78, 5) is 12.7. The van der Waals surface area contributed by atoms with Crippen molar-refractivity contribution in [1.82, 2.24) is 5.16 Å². The molecule has 27 heavy (non-hydrogen) atoms. The summed E-state index contributed by atoms with van der Waals surface area (Å²) in [5.41, 5.74) is 0.150. The highest BCUT2D eigenvalue weighted by Crippen LogP contribution is 2.49. The first-order valence-electron chi connectivity index (χ1n) is 8.40.